The Bertz CT molecular complexity index is 690. The molecule has 0 radical (unpaired) electrons. The summed E-state index contributed by atoms with van der Waals surface area (Å²) in [5.41, 5.74) is 8.13. The molecular formula is C16H16ClF2N3O. The molecule has 4 nitrogen and oxygen atoms in total. The highest BCUT2D eigenvalue weighted by Crippen LogP contribution is 2.25. The number of halogens is 3. The van der Waals surface area contributed by atoms with Crippen molar-refractivity contribution in [2.24, 2.45) is 10.7 Å². The van der Waals surface area contributed by atoms with Gasteiger partial charge in [0.25, 0.3) is 0 Å². The quantitative estimate of drug-likeness (QED) is 0.634. The first-order valence-electron chi connectivity index (χ1n) is 6.81. The van der Waals surface area contributed by atoms with Crippen LogP contribution in [0.5, 0.6) is 5.75 Å². The van der Waals surface area contributed by atoms with Crippen LogP contribution in [0.1, 0.15) is 11.1 Å². The molecule has 0 saturated carbocycles. The van der Waals surface area contributed by atoms with Gasteiger partial charge in [-0.2, -0.15) is 8.78 Å². The van der Waals surface area contributed by atoms with E-state index >= 15 is 0 Å². The molecule has 0 aromatic heterocycles. The minimum absolute atomic E-state index is 0.0243. The summed E-state index contributed by atoms with van der Waals surface area (Å²) in [4.78, 5) is 4.12. The predicted molar refractivity (Wildman–Crippen MR) is 88.2 cm³/mol. The fourth-order valence-electron chi connectivity index (χ4n) is 1.88. The van der Waals surface area contributed by atoms with Crippen molar-refractivity contribution < 1.29 is 13.5 Å². The summed E-state index contributed by atoms with van der Waals surface area (Å²) in [7, 11) is 0. The van der Waals surface area contributed by atoms with Gasteiger partial charge < -0.3 is 15.8 Å². The van der Waals surface area contributed by atoms with E-state index in [4.69, 9.17) is 17.3 Å². The van der Waals surface area contributed by atoms with Gasteiger partial charge in [-0.1, -0.05) is 29.3 Å². The molecule has 0 aliphatic heterocycles. The lowest BCUT2D eigenvalue weighted by Gasteiger charge is -2.10. The van der Waals surface area contributed by atoms with Gasteiger partial charge in [-0.05, 0) is 37.3 Å². The second kappa shape index (κ2) is 7.78. The van der Waals surface area contributed by atoms with Gasteiger partial charge in [0.05, 0.1) is 6.54 Å². The molecule has 0 bridgehead atoms. The largest absolute Gasteiger partial charge is 0.434 e. The van der Waals surface area contributed by atoms with Crippen molar-refractivity contribution in [2.75, 3.05) is 5.32 Å². The third kappa shape index (κ3) is 5.41. The number of nitrogens with two attached hydrogens (primary N) is 1. The maximum atomic E-state index is 12.4. The predicted octanol–water partition coefficient (Wildman–Crippen LogP) is 4.18. The first-order valence-corrected chi connectivity index (χ1v) is 7.18. The zero-order valence-corrected chi connectivity index (χ0v) is 13.1. The van der Waals surface area contributed by atoms with Crippen LogP contribution in [-0.2, 0) is 6.54 Å². The average Bonchev–Trinajstić information content (AvgIpc) is 2.49. The van der Waals surface area contributed by atoms with Gasteiger partial charge in [-0.3, -0.25) is 0 Å². The summed E-state index contributed by atoms with van der Waals surface area (Å²) < 4.78 is 29.2. The standard InChI is InChI=1S/C16H16ClF2N3O/c1-10-2-5-13(6-3-10)22-16(20)21-9-11-8-12(17)4-7-14(11)23-15(18)19/h2-8,15H,9H2,1H3,(H3,20,21,22). The molecule has 0 fully saturated rings. The van der Waals surface area contributed by atoms with Crippen molar-refractivity contribution in [1.82, 2.24) is 0 Å². The smallest absolute Gasteiger partial charge is 0.387 e. The fraction of sp³-hybridized carbons (Fsp3) is 0.188. The van der Waals surface area contributed by atoms with Crippen LogP contribution in [0.4, 0.5) is 14.5 Å². The first kappa shape index (κ1) is 17.0. The van der Waals surface area contributed by atoms with Crippen LogP contribution in [-0.4, -0.2) is 12.6 Å². The Morgan fingerprint density at radius 1 is 1.26 bits per heavy atom. The minimum Gasteiger partial charge on any atom is -0.434 e. The van der Waals surface area contributed by atoms with E-state index in [1.165, 1.54) is 18.2 Å². The molecule has 0 unspecified atom stereocenters. The number of guanidine groups is 1. The van der Waals surface area contributed by atoms with Gasteiger partial charge in [0.1, 0.15) is 5.75 Å². The Hall–Kier alpha value is -2.34. The number of hydrogen-bond donors (Lipinski definition) is 2. The summed E-state index contributed by atoms with van der Waals surface area (Å²) in [6, 6.07) is 12.0. The number of hydrogen-bond acceptors (Lipinski definition) is 2. The van der Waals surface area contributed by atoms with Gasteiger partial charge in [0.2, 0.25) is 0 Å². The Kier molecular flexibility index (Phi) is 5.76. The normalized spacial score (nSPS) is 11.6. The van der Waals surface area contributed by atoms with Crippen LogP contribution in [0, 0.1) is 6.92 Å². The first-order chi connectivity index (χ1) is 10.9. The van der Waals surface area contributed by atoms with E-state index in [0.29, 0.717) is 10.6 Å². The number of benzene rings is 2. The SMILES string of the molecule is Cc1ccc(NC(N)=NCc2cc(Cl)ccc2OC(F)F)cc1. The molecular weight excluding hydrogens is 324 g/mol. The Labute approximate surface area is 137 Å². The van der Waals surface area contributed by atoms with Gasteiger partial charge in [0, 0.05) is 16.3 Å². The zero-order chi connectivity index (χ0) is 16.8. The van der Waals surface area contributed by atoms with Crippen LogP contribution in [0.3, 0.4) is 0 Å². The van der Waals surface area contributed by atoms with Crippen molar-refractivity contribution in [3.8, 4) is 5.75 Å². The van der Waals surface area contributed by atoms with E-state index in [0.717, 1.165) is 11.3 Å². The molecule has 0 spiro atoms. The molecule has 2 rings (SSSR count). The summed E-state index contributed by atoms with van der Waals surface area (Å²) in [5, 5.41) is 3.32. The lowest BCUT2D eigenvalue weighted by atomic mass is 10.2. The van der Waals surface area contributed by atoms with Crippen LogP contribution < -0.4 is 15.8 Å². The van der Waals surface area contributed by atoms with E-state index in [1.807, 2.05) is 31.2 Å². The highest BCUT2D eigenvalue weighted by Gasteiger charge is 2.10. The van der Waals surface area contributed by atoms with Gasteiger partial charge in [-0.15, -0.1) is 0 Å². The highest BCUT2D eigenvalue weighted by molar-refractivity contribution is 6.30. The number of alkyl halides is 2. The Morgan fingerprint density at radius 3 is 2.61 bits per heavy atom. The highest BCUT2D eigenvalue weighted by atomic mass is 35.5. The zero-order valence-electron chi connectivity index (χ0n) is 12.4. The minimum atomic E-state index is -2.91. The van der Waals surface area contributed by atoms with Crippen LogP contribution in [0.25, 0.3) is 0 Å². The second-order valence-corrected chi connectivity index (χ2v) is 5.26. The molecule has 0 atom stereocenters. The van der Waals surface area contributed by atoms with E-state index in [9.17, 15) is 8.78 Å². The molecule has 0 aliphatic rings. The number of aryl methyl sites for hydroxylation is 1. The van der Waals surface area contributed by atoms with Crippen molar-refractivity contribution in [3.63, 3.8) is 0 Å². The van der Waals surface area contributed by atoms with Crippen LogP contribution in [0.15, 0.2) is 47.5 Å². The molecule has 3 N–H and O–H groups in total. The fourth-order valence-corrected chi connectivity index (χ4v) is 2.07. The van der Waals surface area contributed by atoms with Crippen molar-refractivity contribution in [3.05, 3.63) is 58.6 Å². The van der Waals surface area contributed by atoms with Gasteiger partial charge >= 0.3 is 6.61 Å². The van der Waals surface area contributed by atoms with Gasteiger partial charge in [-0.25, -0.2) is 4.99 Å². The molecule has 0 aliphatic carbocycles. The van der Waals surface area contributed by atoms with E-state index < -0.39 is 6.61 Å². The molecule has 0 heterocycles. The van der Waals surface area contributed by atoms with E-state index in [1.54, 1.807) is 0 Å². The topological polar surface area (TPSA) is 59.6 Å². The maximum absolute atomic E-state index is 12.4. The van der Waals surface area contributed by atoms with E-state index in [2.05, 4.69) is 15.0 Å². The molecule has 122 valence electrons. The summed E-state index contributed by atoms with van der Waals surface area (Å²) in [6.07, 6.45) is 0. The number of nitrogens with one attached hydrogen (secondary N) is 1. The molecule has 23 heavy (non-hydrogen) atoms. The van der Waals surface area contributed by atoms with Crippen molar-refractivity contribution in [1.29, 1.82) is 0 Å². The Morgan fingerprint density at radius 2 is 1.96 bits per heavy atom. The summed E-state index contributed by atoms with van der Waals surface area (Å²) in [6.45, 7) is -0.875. The number of ether oxygens (including phenoxy) is 1. The molecule has 0 saturated heterocycles. The lowest BCUT2D eigenvalue weighted by molar-refractivity contribution is -0.0504. The number of anilines is 1. The van der Waals surface area contributed by atoms with E-state index in [-0.39, 0.29) is 18.3 Å². The van der Waals surface area contributed by atoms with Crippen molar-refractivity contribution in [2.45, 2.75) is 20.1 Å². The third-order valence-electron chi connectivity index (χ3n) is 2.98. The lowest BCUT2D eigenvalue weighted by Crippen LogP contribution is -2.22. The second-order valence-electron chi connectivity index (χ2n) is 4.82. The molecule has 7 heteroatoms. The van der Waals surface area contributed by atoms with Crippen LogP contribution >= 0.6 is 11.6 Å². The monoisotopic (exact) mass is 339 g/mol. The van der Waals surface area contributed by atoms with Gasteiger partial charge in [0.15, 0.2) is 5.96 Å². The Balaban J connectivity index is 2.08. The van der Waals surface area contributed by atoms with Crippen molar-refractivity contribution >= 4 is 23.2 Å². The average molecular weight is 340 g/mol. The summed E-state index contributed by atoms with van der Waals surface area (Å²) >= 11 is 5.87. The molecule has 2 aromatic rings. The maximum Gasteiger partial charge on any atom is 0.387 e. The summed E-state index contributed by atoms with van der Waals surface area (Å²) in [5.74, 6) is 0.188. The number of aliphatic imine (C=N–C) groups is 1. The molecule has 2 aromatic carbocycles. The van der Waals surface area contributed by atoms with Crippen LogP contribution in [0.2, 0.25) is 5.02 Å². The number of nitrogens with zero attached hydrogens (tertiary/aromatic N) is 1. The molecule has 0 amide bonds. The number of rotatable bonds is 5. The third-order valence-corrected chi connectivity index (χ3v) is 3.22.